The van der Waals surface area contributed by atoms with E-state index in [-0.39, 0.29) is 6.10 Å². The molecular weight excluding hydrogens is 326 g/mol. The molecular formula is C17H31N3O3S. The molecule has 1 saturated carbocycles. The molecule has 4 rings (SSSR count). The second kappa shape index (κ2) is 8.20. The van der Waals surface area contributed by atoms with Crippen LogP contribution in [0.3, 0.4) is 0 Å². The Labute approximate surface area is 149 Å². The molecule has 6 nitrogen and oxygen atoms in total. The van der Waals surface area contributed by atoms with Crippen molar-refractivity contribution < 1.29 is 14.2 Å². The summed E-state index contributed by atoms with van der Waals surface area (Å²) in [7, 11) is 0. The highest BCUT2D eigenvalue weighted by atomic mass is 32.2. The molecule has 3 N–H and O–H groups in total. The van der Waals surface area contributed by atoms with Crippen LogP contribution in [0.25, 0.3) is 0 Å². The van der Waals surface area contributed by atoms with Gasteiger partial charge in [0.2, 0.25) is 0 Å². The van der Waals surface area contributed by atoms with Crippen molar-refractivity contribution in [2.24, 2.45) is 5.92 Å². The van der Waals surface area contributed by atoms with Gasteiger partial charge in [-0.25, -0.2) is 0 Å². The van der Waals surface area contributed by atoms with Crippen LogP contribution in [-0.4, -0.2) is 67.9 Å². The Morgan fingerprint density at radius 1 is 0.958 bits per heavy atom. The van der Waals surface area contributed by atoms with E-state index in [1.165, 1.54) is 6.42 Å². The van der Waals surface area contributed by atoms with Crippen molar-refractivity contribution in [3.8, 4) is 0 Å². The minimum absolute atomic E-state index is 0.269. The first-order chi connectivity index (χ1) is 11.8. The van der Waals surface area contributed by atoms with E-state index in [0.717, 1.165) is 38.2 Å². The van der Waals surface area contributed by atoms with Crippen LogP contribution >= 0.6 is 11.8 Å². The van der Waals surface area contributed by atoms with Crippen molar-refractivity contribution in [3.05, 3.63) is 0 Å². The van der Waals surface area contributed by atoms with Gasteiger partial charge < -0.3 is 14.2 Å². The maximum atomic E-state index is 6.33. The van der Waals surface area contributed by atoms with Crippen molar-refractivity contribution in [2.75, 3.05) is 32.2 Å². The number of hydrazine groups is 1. The van der Waals surface area contributed by atoms with E-state index in [2.05, 4.69) is 23.1 Å². The van der Waals surface area contributed by atoms with E-state index in [4.69, 9.17) is 14.2 Å². The third-order valence-electron chi connectivity index (χ3n) is 5.79. The molecule has 7 atom stereocenters. The summed E-state index contributed by atoms with van der Waals surface area (Å²) in [6.45, 7) is 5.05. The van der Waals surface area contributed by atoms with E-state index < -0.39 is 0 Å². The summed E-state index contributed by atoms with van der Waals surface area (Å²) in [5.41, 5.74) is 7.13. The summed E-state index contributed by atoms with van der Waals surface area (Å²) < 4.78 is 17.8. The Kier molecular flexibility index (Phi) is 5.99. The van der Waals surface area contributed by atoms with Gasteiger partial charge in [-0.2, -0.15) is 0 Å². The molecule has 1 aliphatic carbocycles. The molecule has 6 unspecified atom stereocenters. The molecule has 4 fully saturated rings. The van der Waals surface area contributed by atoms with Crippen molar-refractivity contribution in [1.82, 2.24) is 16.2 Å². The van der Waals surface area contributed by atoms with Crippen LogP contribution in [0.15, 0.2) is 0 Å². The minimum atomic E-state index is 0.269. The molecule has 0 spiro atoms. The lowest BCUT2D eigenvalue weighted by Gasteiger charge is -2.36. The van der Waals surface area contributed by atoms with Gasteiger partial charge in [0.15, 0.2) is 0 Å². The predicted octanol–water partition coefficient (Wildman–Crippen LogP) is 0.873. The van der Waals surface area contributed by atoms with Crippen molar-refractivity contribution >= 4 is 11.8 Å². The van der Waals surface area contributed by atoms with Crippen molar-refractivity contribution in [2.45, 2.75) is 68.3 Å². The quantitative estimate of drug-likeness (QED) is 0.595. The van der Waals surface area contributed by atoms with Gasteiger partial charge in [0.25, 0.3) is 0 Å². The fourth-order valence-electron chi connectivity index (χ4n) is 4.49. The van der Waals surface area contributed by atoms with Crippen LogP contribution in [0.1, 0.15) is 32.6 Å². The maximum absolute atomic E-state index is 6.33. The lowest BCUT2D eigenvalue weighted by atomic mass is 9.78. The van der Waals surface area contributed by atoms with Crippen LogP contribution in [0.4, 0.5) is 0 Å². The Bertz CT molecular complexity index is 417. The van der Waals surface area contributed by atoms with Gasteiger partial charge in [-0.15, -0.1) is 11.8 Å². The Balaban J connectivity index is 1.42. The van der Waals surface area contributed by atoms with Crippen LogP contribution in [0, 0.1) is 5.92 Å². The molecule has 0 aromatic carbocycles. The lowest BCUT2D eigenvalue weighted by Crippen LogP contribution is -2.50. The first-order valence-corrected chi connectivity index (χ1v) is 10.5. The normalized spacial score (nSPS) is 47.6. The smallest absolute Gasteiger partial charge is 0.0773 e. The first-order valence-electron chi connectivity index (χ1n) is 9.49. The molecule has 7 heteroatoms. The fourth-order valence-corrected chi connectivity index (χ4v) is 5.70. The standard InChI is InChI=1S/C17H31N3O3S/c1-11-4-5-21-6-7-22-9-16-18-15(10-24-16)17-13-8-12(23-11)2-3-14(13)19-20-17/h11-20H,2-10H2,1H3/t11-,12?,13?,14?,15?,16?,17?/m0/s1. The molecule has 0 aromatic rings. The number of hydrogen-bond donors (Lipinski definition) is 3. The third-order valence-corrected chi connectivity index (χ3v) is 7.02. The van der Waals surface area contributed by atoms with Gasteiger partial charge in [-0.1, -0.05) is 0 Å². The lowest BCUT2D eigenvalue weighted by molar-refractivity contribution is -0.0514. The molecule has 0 amide bonds. The second-order valence-electron chi connectivity index (χ2n) is 7.54. The Morgan fingerprint density at radius 3 is 2.83 bits per heavy atom. The summed E-state index contributed by atoms with van der Waals surface area (Å²) in [6.07, 6.45) is 5.15. The number of nitrogens with one attached hydrogen (secondary N) is 3. The average molecular weight is 358 g/mol. The summed E-state index contributed by atoms with van der Waals surface area (Å²) in [5, 5.41) is 4.17. The number of fused-ring (bicyclic) bond motifs is 4. The SMILES string of the molecule is C[C@H]1CCOCCOCC2NC(CS2)C2NNC3CCC(CC32)O1. The Morgan fingerprint density at radius 2 is 1.88 bits per heavy atom. The molecule has 0 radical (unpaired) electrons. The number of rotatable bonds is 0. The fraction of sp³-hybridized carbons (Fsp3) is 1.00. The van der Waals surface area contributed by atoms with Crippen LogP contribution in [-0.2, 0) is 14.2 Å². The van der Waals surface area contributed by atoms with E-state index in [0.29, 0.717) is 48.7 Å². The van der Waals surface area contributed by atoms with Crippen LogP contribution in [0.2, 0.25) is 0 Å². The van der Waals surface area contributed by atoms with E-state index in [1.54, 1.807) is 0 Å². The Hall–Kier alpha value is 0.110. The maximum Gasteiger partial charge on any atom is 0.0773 e. The molecule has 3 saturated heterocycles. The van der Waals surface area contributed by atoms with E-state index in [9.17, 15) is 0 Å². The van der Waals surface area contributed by atoms with Crippen LogP contribution in [0.5, 0.6) is 0 Å². The number of ether oxygens (including phenoxy) is 3. The summed E-state index contributed by atoms with van der Waals surface area (Å²) in [6, 6.07) is 1.59. The molecule has 3 heterocycles. The summed E-state index contributed by atoms with van der Waals surface area (Å²) in [4.78, 5) is 0. The molecule has 24 heavy (non-hydrogen) atoms. The molecule has 4 aliphatic rings. The van der Waals surface area contributed by atoms with Gasteiger partial charge in [0.05, 0.1) is 37.4 Å². The average Bonchev–Trinajstić information content (AvgIpc) is 3.19. The molecule has 4 bridgehead atoms. The minimum Gasteiger partial charge on any atom is -0.379 e. The van der Waals surface area contributed by atoms with Gasteiger partial charge >= 0.3 is 0 Å². The molecule has 0 aromatic heterocycles. The highest BCUT2D eigenvalue weighted by Gasteiger charge is 2.45. The van der Waals surface area contributed by atoms with Gasteiger partial charge in [0.1, 0.15) is 0 Å². The predicted molar refractivity (Wildman–Crippen MR) is 94.9 cm³/mol. The molecule has 138 valence electrons. The monoisotopic (exact) mass is 357 g/mol. The summed E-state index contributed by atoms with van der Waals surface area (Å²) in [5.74, 6) is 1.80. The highest BCUT2D eigenvalue weighted by Crippen LogP contribution is 2.36. The topological polar surface area (TPSA) is 63.8 Å². The zero-order valence-corrected chi connectivity index (χ0v) is 15.4. The molecule has 3 aliphatic heterocycles. The van der Waals surface area contributed by atoms with Gasteiger partial charge in [-0.3, -0.25) is 16.2 Å². The first kappa shape index (κ1) is 17.5. The number of thioether (sulfide) groups is 1. The van der Waals surface area contributed by atoms with E-state index in [1.807, 2.05) is 11.8 Å². The van der Waals surface area contributed by atoms with Crippen molar-refractivity contribution in [1.29, 1.82) is 0 Å². The largest absolute Gasteiger partial charge is 0.379 e. The zero-order valence-electron chi connectivity index (χ0n) is 14.5. The van der Waals surface area contributed by atoms with Gasteiger partial charge in [0, 0.05) is 30.5 Å². The highest BCUT2D eigenvalue weighted by molar-refractivity contribution is 8.00. The second-order valence-corrected chi connectivity index (χ2v) is 8.77. The van der Waals surface area contributed by atoms with E-state index >= 15 is 0 Å². The third kappa shape index (κ3) is 4.09. The zero-order chi connectivity index (χ0) is 16.4. The summed E-state index contributed by atoms with van der Waals surface area (Å²) >= 11 is 1.98. The van der Waals surface area contributed by atoms with Gasteiger partial charge in [-0.05, 0) is 38.5 Å². The van der Waals surface area contributed by atoms with Crippen molar-refractivity contribution in [3.63, 3.8) is 0 Å². The number of hydrogen-bond acceptors (Lipinski definition) is 7. The van der Waals surface area contributed by atoms with Crippen LogP contribution < -0.4 is 16.2 Å².